The van der Waals surface area contributed by atoms with Gasteiger partial charge in [-0.15, -0.1) is 0 Å². The number of fused-ring (bicyclic) bond motifs is 1. The van der Waals surface area contributed by atoms with Crippen LogP contribution in [0.4, 0.5) is 11.6 Å². The van der Waals surface area contributed by atoms with Crippen LogP contribution in [0.25, 0.3) is 5.65 Å². The van der Waals surface area contributed by atoms with Gasteiger partial charge in [-0.1, -0.05) is 19.9 Å². The molecule has 6 nitrogen and oxygen atoms in total. The molecule has 0 amide bonds. The zero-order valence-electron chi connectivity index (χ0n) is 17.1. The fourth-order valence-corrected chi connectivity index (χ4v) is 4.04. The summed E-state index contributed by atoms with van der Waals surface area (Å²) in [5.41, 5.74) is 4.34. The molecule has 0 unspecified atom stereocenters. The number of rotatable bonds is 6. The van der Waals surface area contributed by atoms with Crippen LogP contribution in [0.15, 0.2) is 30.6 Å². The van der Waals surface area contributed by atoms with Gasteiger partial charge < -0.3 is 10.2 Å². The molecule has 28 heavy (non-hydrogen) atoms. The molecule has 0 aromatic carbocycles. The SMILES string of the molecule is CCc1cnn2c(NCc3ccc(C)nc3)cc(N3CCCC[C@H]3CC)nc12. The zero-order chi connectivity index (χ0) is 19.5. The Morgan fingerprint density at radius 2 is 2.07 bits per heavy atom. The maximum absolute atomic E-state index is 5.03. The molecule has 0 radical (unpaired) electrons. The quantitative estimate of drug-likeness (QED) is 0.690. The molecule has 0 saturated carbocycles. The zero-order valence-corrected chi connectivity index (χ0v) is 17.1. The van der Waals surface area contributed by atoms with Crippen molar-refractivity contribution in [3.05, 3.63) is 47.4 Å². The fourth-order valence-electron chi connectivity index (χ4n) is 4.04. The molecule has 1 fully saturated rings. The minimum absolute atomic E-state index is 0.575. The summed E-state index contributed by atoms with van der Waals surface area (Å²) in [5, 5.41) is 8.17. The molecule has 3 aromatic rings. The molecule has 1 saturated heterocycles. The first-order valence-electron chi connectivity index (χ1n) is 10.5. The molecule has 148 valence electrons. The van der Waals surface area contributed by atoms with Crippen molar-refractivity contribution >= 4 is 17.3 Å². The molecule has 6 heteroatoms. The lowest BCUT2D eigenvalue weighted by Gasteiger charge is -2.36. The third kappa shape index (κ3) is 3.68. The average molecular weight is 379 g/mol. The maximum Gasteiger partial charge on any atom is 0.162 e. The molecule has 0 spiro atoms. The van der Waals surface area contributed by atoms with Crippen LogP contribution in [0, 0.1) is 6.92 Å². The van der Waals surface area contributed by atoms with Gasteiger partial charge >= 0.3 is 0 Å². The van der Waals surface area contributed by atoms with Gasteiger partial charge in [0.2, 0.25) is 0 Å². The summed E-state index contributed by atoms with van der Waals surface area (Å²) < 4.78 is 1.94. The molecular weight excluding hydrogens is 348 g/mol. The Hall–Kier alpha value is -2.63. The molecule has 0 aliphatic carbocycles. The summed E-state index contributed by atoms with van der Waals surface area (Å²) in [6.07, 6.45) is 9.76. The van der Waals surface area contributed by atoms with E-state index in [1.807, 2.05) is 29.9 Å². The van der Waals surface area contributed by atoms with Crippen LogP contribution in [0.1, 0.15) is 56.4 Å². The largest absolute Gasteiger partial charge is 0.366 e. The molecule has 0 bridgehead atoms. The first-order valence-corrected chi connectivity index (χ1v) is 10.5. The van der Waals surface area contributed by atoms with Gasteiger partial charge in [0.15, 0.2) is 5.65 Å². The number of piperidine rings is 1. The van der Waals surface area contributed by atoms with Gasteiger partial charge in [-0.2, -0.15) is 9.61 Å². The van der Waals surface area contributed by atoms with Crippen molar-refractivity contribution in [3.63, 3.8) is 0 Å². The van der Waals surface area contributed by atoms with Crippen molar-refractivity contribution in [2.24, 2.45) is 0 Å². The smallest absolute Gasteiger partial charge is 0.162 e. The highest BCUT2D eigenvalue weighted by molar-refractivity contribution is 5.61. The second-order valence-electron chi connectivity index (χ2n) is 7.67. The third-order valence-electron chi connectivity index (χ3n) is 5.75. The summed E-state index contributed by atoms with van der Waals surface area (Å²) in [6.45, 7) is 8.24. The molecule has 1 atom stereocenters. The molecule has 4 rings (SSSR count). The standard InChI is InChI=1S/C22H30N6/c1-4-18-15-25-28-20(24-14-17-10-9-16(3)23-13-17)12-21(26-22(18)28)27-11-7-6-8-19(27)5-2/h9-10,12-13,15,19,24H,4-8,11,14H2,1-3H3/t19-/m1/s1. The van der Waals surface area contributed by atoms with Crippen molar-refractivity contribution in [3.8, 4) is 0 Å². The first kappa shape index (κ1) is 18.7. The van der Waals surface area contributed by atoms with Crippen molar-refractivity contribution in [1.29, 1.82) is 0 Å². The Balaban J connectivity index is 1.69. The summed E-state index contributed by atoms with van der Waals surface area (Å²) in [5.74, 6) is 2.06. The Kier molecular flexibility index (Phi) is 5.46. The lowest BCUT2D eigenvalue weighted by molar-refractivity contribution is 0.447. The highest BCUT2D eigenvalue weighted by atomic mass is 15.3. The van der Waals surface area contributed by atoms with Gasteiger partial charge in [0, 0.05) is 42.7 Å². The molecule has 1 aliphatic rings. The summed E-state index contributed by atoms with van der Waals surface area (Å²) in [4.78, 5) is 11.9. The first-order chi connectivity index (χ1) is 13.7. The van der Waals surface area contributed by atoms with Gasteiger partial charge in [-0.05, 0) is 50.7 Å². The fraction of sp³-hybridized carbons (Fsp3) is 0.500. The lowest BCUT2D eigenvalue weighted by atomic mass is 10.00. The van der Waals surface area contributed by atoms with Crippen molar-refractivity contribution in [1.82, 2.24) is 19.6 Å². The Bertz CT molecular complexity index is 930. The van der Waals surface area contributed by atoms with E-state index >= 15 is 0 Å². The monoisotopic (exact) mass is 378 g/mol. The number of hydrogen-bond donors (Lipinski definition) is 1. The van der Waals surface area contributed by atoms with E-state index in [4.69, 9.17) is 4.98 Å². The van der Waals surface area contributed by atoms with E-state index in [1.54, 1.807) is 0 Å². The van der Waals surface area contributed by atoms with Crippen molar-refractivity contribution in [2.75, 3.05) is 16.8 Å². The number of aryl methyl sites for hydroxylation is 2. The molecular formula is C22H30N6. The van der Waals surface area contributed by atoms with E-state index in [0.29, 0.717) is 12.6 Å². The highest BCUT2D eigenvalue weighted by Gasteiger charge is 2.23. The lowest BCUT2D eigenvalue weighted by Crippen LogP contribution is -2.39. The van der Waals surface area contributed by atoms with Crippen LogP contribution in [-0.4, -0.2) is 32.2 Å². The number of pyridine rings is 1. The number of aromatic nitrogens is 4. The predicted octanol–water partition coefficient (Wildman–Crippen LogP) is 4.38. The van der Waals surface area contributed by atoms with Gasteiger partial charge in [-0.25, -0.2) is 4.98 Å². The van der Waals surface area contributed by atoms with Gasteiger partial charge in [0.25, 0.3) is 0 Å². The normalized spacial score (nSPS) is 17.2. The Morgan fingerprint density at radius 1 is 1.18 bits per heavy atom. The van der Waals surface area contributed by atoms with Crippen LogP contribution in [0.5, 0.6) is 0 Å². The van der Waals surface area contributed by atoms with E-state index in [0.717, 1.165) is 47.9 Å². The second-order valence-corrected chi connectivity index (χ2v) is 7.67. The number of hydrogen-bond acceptors (Lipinski definition) is 5. The maximum atomic E-state index is 5.03. The van der Waals surface area contributed by atoms with E-state index in [-0.39, 0.29) is 0 Å². The summed E-state index contributed by atoms with van der Waals surface area (Å²) >= 11 is 0. The van der Waals surface area contributed by atoms with Crippen molar-refractivity contribution in [2.45, 2.75) is 65.5 Å². The average Bonchev–Trinajstić information content (AvgIpc) is 3.16. The van der Waals surface area contributed by atoms with E-state index in [2.05, 4.69) is 46.3 Å². The third-order valence-corrected chi connectivity index (χ3v) is 5.75. The minimum atomic E-state index is 0.575. The van der Waals surface area contributed by atoms with E-state index < -0.39 is 0 Å². The highest BCUT2D eigenvalue weighted by Crippen LogP contribution is 2.28. The minimum Gasteiger partial charge on any atom is -0.366 e. The number of nitrogens with one attached hydrogen (secondary N) is 1. The second kappa shape index (κ2) is 8.17. The van der Waals surface area contributed by atoms with Crippen LogP contribution in [-0.2, 0) is 13.0 Å². The van der Waals surface area contributed by atoms with Crippen LogP contribution >= 0.6 is 0 Å². The molecule has 4 heterocycles. The van der Waals surface area contributed by atoms with Crippen LogP contribution < -0.4 is 10.2 Å². The topological polar surface area (TPSA) is 58.4 Å². The summed E-state index contributed by atoms with van der Waals surface area (Å²) in [7, 11) is 0. The molecule has 3 aromatic heterocycles. The number of nitrogens with zero attached hydrogens (tertiary/aromatic N) is 5. The predicted molar refractivity (Wildman–Crippen MR) is 114 cm³/mol. The Morgan fingerprint density at radius 3 is 2.82 bits per heavy atom. The van der Waals surface area contributed by atoms with Gasteiger partial charge in [0.05, 0.1) is 6.20 Å². The molecule has 1 aliphatic heterocycles. The number of anilines is 2. The van der Waals surface area contributed by atoms with Crippen molar-refractivity contribution < 1.29 is 0 Å². The molecule has 1 N–H and O–H groups in total. The van der Waals surface area contributed by atoms with Gasteiger partial charge in [0.1, 0.15) is 11.6 Å². The van der Waals surface area contributed by atoms with Crippen LogP contribution in [0.3, 0.4) is 0 Å². The summed E-state index contributed by atoms with van der Waals surface area (Å²) in [6, 6.07) is 6.90. The van der Waals surface area contributed by atoms with E-state index in [1.165, 1.54) is 24.8 Å². The Labute approximate surface area is 167 Å². The van der Waals surface area contributed by atoms with E-state index in [9.17, 15) is 0 Å². The van der Waals surface area contributed by atoms with Crippen LogP contribution in [0.2, 0.25) is 0 Å². The van der Waals surface area contributed by atoms with Gasteiger partial charge in [-0.3, -0.25) is 4.98 Å².